The van der Waals surface area contributed by atoms with Gasteiger partial charge in [0.1, 0.15) is 6.10 Å². The number of nitrogens with two attached hydrogens (primary N) is 1. The molecule has 1 aliphatic rings. The normalized spacial score (nSPS) is 19.9. The number of carbonyl (C=O) groups is 1. The van der Waals surface area contributed by atoms with Gasteiger partial charge in [-0.1, -0.05) is 11.2 Å². The molecule has 8 heteroatoms. The molecule has 1 amide bonds. The van der Waals surface area contributed by atoms with Crippen molar-refractivity contribution in [3.8, 4) is 0 Å². The van der Waals surface area contributed by atoms with Gasteiger partial charge < -0.3 is 20.6 Å². The molecule has 3 N–H and O–H groups in total. The summed E-state index contributed by atoms with van der Waals surface area (Å²) in [6, 6.07) is 5.53. The highest BCUT2D eigenvalue weighted by molar-refractivity contribution is 6.01. The number of rotatable bonds is 2. The molecule has 8 nitrogen and oxygen atoms in total. The third-order valence-corrected chi connectivity index (χ3v) is 3.46. The number of amidine groups is 1. The van der Waals surface area contributed by atoms with Crippen LogP contribution < -0.4 is 5.73 Å². The maximum absolute atomic E-state index is 12.6. The van der Waals surface area contributed by atoms with E-state index in [1.54, 1.807) is 21.8 Å². The fourth-order valence-electron chi connectivity index (χ4n) is 2.35. The number of pyridine rings is 1. The average molecular weight is 289 g/mol. The molecule has 0 bridgehead atoms. The Balaban J connectivity index is 1.85. The number of fused-ring (bicyclic) bond motifs is 1. The van der Waals surface area contributed by atoms with Crippen LogP contribution in [-0.4, -0.2) is 57.3 Å². The largest absolute Gasteiger partial charge is 0.409 e. The van der Waals surface area contributed by atoms with Gasteiger partial charge in [-0.15, -0.1) is 0 Å². The van der Waals surface area contributed by atoms with Crippen LogP contribution in [0.4, 0.5) is 0 Å². The molecule has 0 aromatic carbocycles. The van der Waals surface area contributed by atoms with Crippen LogP contribution in [0.1, 0.15) is 10.4 Å². The summed E-state index contributed by atoms with van der Waals surface area (Å²) in [4.78, 5) is 14.2. The van der Waals surface area contributed by atoms with Crippen LogP contribution in [-0.2, 0) is 4.74 Å². The van der Waals surface area contributed by atoms with Gasteiger partial charge in [-0.3, -0.25) is 4.79 Å². The zero-order valence-corrected chi connectivity index (χ0v) is 11.2. The Morgan fingerprint density at radius 2 is 2.38 bits per heavy atom. The Hall–Kier alpha value is -2.61. The first-order chi connectivity index (χ1) is 10.2. The predicted octanol–water partition coefficient (Wildman–Crippen LogP) is -0.0783. The predicted molar refractivity (Wildman–Crippen MR) is 74.2 cm³/mol. The van der Waals surface area contributed by atoms with Gasteiger partial charge in [0.15, 0.2) is 5.84 Å². The molecule has 1 atom stereocenters. The number of ether oxygens (including phenoxy) is 1. The summed E-state index contributed by atoms with van der Waals surface area (Å²) in [5.74, 6) is -0.178. The van der Waals surface area contributed by atoms with E-state index in [1.165, 1.54) is 0 Å². The third-order valence-electron chi connectivity index (χ3n) is 3.46. The molecular formula is C13H15N5O3. The summed E-state index contributed by atoms with van der Waals surface area (Å²) in [5, 5.41) is 15.8. The van der Waals surface area contributed by atoms with E-state index in [0.29, 0.717) is 18.7 Å². The number of morpholine rings is 1. The van der Waals surface area contributed by atoms with Gasteiger partial charge in [0.2, 0.25) is 0 Å². The maximum Gasteiger partial charge on any atom is 0.257 e. The second kappa shape index (κ2) is 5.41. The Morgan fingerprint density at radius 3 is 3.19 bits per heavy atom. The first-order valence-electron chi connectivity index (χ1n) is 6.51. The van der Waals surface area contributed by atoms with Crippen molar-refractivity contribution in [1.82, 2.24) is 14.5 Å². The number of carbonyl (C=O) groups excluding carboxylic acids is 1. The molecule has 2 aromatic rings. The van der Waals surface area contributed by atoms with Crippen LogP contribution in [0.15, 0.2) is 35.7 Å². The maximum atomic E-state index is 12.6. The Labute approximate surface area is 120 Å². The minimum Gasteiger partial charge on any atom is -0.409 e. The second-order valence-corrected chi connectivity index (χ2v) is 4.72. The van der Waals surface area contributed by atoms with Crippen LogP contribution >= 0.6 is 0 Å². The first-order valence-corrected chi connectivity index (χ1v) is 6.51. The highest BCUT2D eigenvalue weighted by atomic mass is 16.5. The Kier molecular flexibility index (Phi) is 3.44. The van der Waals surface area contributed by atoms with Gasteiger partial charge in [-0.05, 0) is 12.1 Å². The Morgan fingerprint density at radius 1 is 1.52 bits per heavy atom. The number of nitrogens with zero attached hydrogens (tertiary/aromatic N) is 4. The van der Waals surface area contributed by atoms with E-state index in [4.69, 9.17) is 15.7 Å². The number of amides is 1. The molecule has 1 unspecified atom stereocenters. The lowest BCUT2D eigenvalue weighted by Crippen LogP contribution is -2.50. The van der Waals surface area contributed by atoms with E-state index < -0.39 is 6.10 Å². The van der Waals surface area contributed by atoms with Crippen molar-refractivity contribution < 1.29 is 14.7 Å². The highest BCUT2D eigenvalue weighted by Gasteiger charge is 2.28. The van der Waals surface area contributed by atoms with E-state index in [9.17, 15) is 4.79 Å². The zero-order chi connectivity index (χ0) is 14.8. The van der Waals surface area contributed by atoms with Crippen molar-refractivity contribution in [2.45, 2.75) is 6.10 Å². The number of oxime groups is 1. The third kappa shape index (κ3) is 2.40. The summed E-state index contributed by atoms with van der Waals surface area (Å²) < 4.78 is 7.03. The van der Waals surface area contributed by atoms with E-state index in [0.717, 1.165) is 5.52 Å². The molecule has 110 valence electrons. The van der Waals surface area contributed by atoms with Crippen LogP contribution in [0, 0.1) is 0 Å². The van der Waals surface area contributed by atoms with Crippen LogP contribution in [0.25, 0.3) is 5.52 Å². The van der Waals surface area contributed by atoms with Crippen molar-refractivity contribution in [2.75, 3.05) is 19.7 Å². The summed E-state index contributed by atoms with van der Waals surface area (Å²) >= 11 is 0. The monoisotopic (exact) mass is 289 g/mol. The SMILES string of the molecule is N/C(=N/O)C1CN(C(=O)c2cnn3ccccc23)CCO1. The van der Waals surface area contributed by atoms with Crippen LogP contribution in [0.3, 0.4) is 0 Å². The second-order valence-electron chi connectivity index (χ2n) is 4.72. The molecule has 0 spiro atoms. The van der Waals surface area contributed by atoms with Crippen molar-refractivity contribution in [3.05, 3.63) is 36.2 Å². The van der Waals surface area contributed by atoms with E-state index in [-0.39, 0.29) is 18.3 Å². The summed E-state index contributed by atoms with van der Waals surface area (Å²) in [5.41, 5.74) is 6.81. The topological polar surface area (TPSA) is 105 Å². The minimum absolute atomic E-state index is 0.0348. The summed E-state index contributed by atoms with van der Waals surface area (Å²) in [7, 11) is 0. The number of hydrogen-bond acceptors (Lipinski definition) is 5. The number of aromatic nitrogens is 2. The lowest BCUT2D eigenvalue weighted by Gasteiger charge is -2.32. The first kappa shape index (κ1) is 13.4. The summed E-state index contributed by atoms with van der Waals surface area (Å²) in [6.07, 6.45) is 2.74. The Bertz CT molecular complexity index is 696. The van der Waals surface area contributed by atoms with Gasteiger partial charge in [0, 0.05) is 12.7 Å². The van der Waals surface area contributed by atoms with Gasteiger partial charge in [0.05, 0.1) is 30.4 Å². The van der Waals surface area contributed by atoms with Crippen molar-refractivity contribution >= 4 is 17.3 Å². The van der Waals surface area contributed by atoms with Gasteiger partial charge in [-0.25, -0.2) is 4.52 Å². The fraction of sp³-hybridized carbons (Fsp3) is 0.308. The van der Waals surface area contributed by atoms with Crippen molar-refractivity contribution in [1.29, 1.82) is 0 Å². The molecule has 1 aliphatic heterocycles. The lowest BCUT2D eigenvalue weighted by atomic mass is 10.2. The molecule has 0 saturated carbocycles. The van der Waals surface area contributed by atoms with Crippen LogP contribution in [0.5, 0.6) is 0 Å². The van der Waals surface area contributed by atoms with E-state index >= 15 is 0 Å². The number of hydrogen-bond donors (Lipinski definition) is 2. The standard InChI is InChI=1S/C13H15N5O3/c14-12(16-20)11-8-17(5-6-21-11)13(19)9-7-15-18-4-2-1-3-10(9)18/h1-4,7,11,20H,5-6,8H2,(H2,14,16). The molecule has 0 radical (unpaired) electrons. The van der Waals surface area contributed by atoms with Crippen molar-refractivity contribution in [3.63, 3.8) is 0 Å². The fourth-order valence-corrected chi connectivity index (χ4v) is 2.35. The van der Waals surface area contributed by atoms with E-state index in [2.05, 4.69) is 10.3 Å². The van der Waals surface area contributed by atoms with Gasteiger partial charge in [-0.2, -0.15) is 5.10 Å². The molecule has 2 aromatic heterocycles. The molecule has 3 rings (SSSR count). The molecule has 21 heavy (non-hydrogen) atoms. The molecular weight excluding hydrogens is 274 g/mol. The molecule has 1 saturated heterocycles. The van der Waals surface area contributed by atoms with Crippen LogP contribution in [0.2, 0.25) is 0 Å². The van der Waals surface area contributed by atoms with Gasteiger partial charge >= 0.3 is 0 Å². The van der Waals surface area contributed by atoms with E-state index in [1.807, 2.05) is 18.2 Å². The summed E-state index contributed by atoms with van der Waals surface area (Å²) in [6.45, 7) is 1.04. The minimum atomic E-state index is -0.588. The molecule has 0 aliphatic carbocycles. The van der Waals surface area contributed by atoms with Crippen molar-refractivity contribution in [2.24, 2.45) is 10.9 Å². The average Bonchev–Trinajstić information content (AvgIpc) is 2.97. The lowest BCUT2D eigenvalue weighted by molar-refractivity contribution is 0.00685. The smallest absolute Gasteiger partial charge is 0.257 e. The molecule has 1 fully saturated rings. The highest BCUT2D eigenvalue weighted by Crippen LogP contribution is 2.15. The van der Waals surface area contributed by atoms with Gasteiger partial charge in [0.25, 0.3) is 5.91 Å². The zero-order valence-electron chi connectivity index (χ0n) is 11.2. The quantitative estimate of drug-likeness (QED) is 0.348. The molecule has 3 heterocycles.